The molecule has 0 aliphatic rings. The average molecular weight is 310 g/mol. The second-order valence-electron chi connectivity index (χ2n) is 4.82. The van der Waals surface area contributed by atoms with Gasteiger partial charge in [-0.2, -0.15) is 5.26 Å². The van der Waals surface area contributed by atoms with Gasteiger partial charge in [-0.15, -0.1) is 11.8 Å². The molecule has 5 nitrogen and oxygen atoms in total. The van der Waals surface area contributed by atoms with Crippen LogP contribution in [-0.4, -0.2) is 16.4 Å². The lowest BCUT2D eigenvalue weighted by Crippen LogP contribution is -2.00. The molecule has 0 unspecified atom stereocenters. The molecule has 22 heavy (non-hydrogen) atoms. The standard InChI is InChI=1S/C16H14N4OS/c1-9-14(10(2)21-20-9)19-15-11-6-4-5-7-13(11)18-16(22-3)12(15)8-17/h4-7H,1-3H3,(H,18,19). The van der Waals surface area contributed by atoms with Gasteiger partial charge < -0.3 is 9.84 Å². The van der Waals surface area contributed by atoms with E-state index in [1.807, 2.05) is 44.4 Å². The number of para-hydroxylation sites is 1. The topological polar surface area (TPSA) is 74.7 Å². The number of hydrogen-bond donors (Lipinski definition) is 1. The molecule has 1 N–H and O–H groups in total. The third kappa shape index (κ3) is 2.30. The van der Waals surface area contributed by atoms with Gasteiger partial charge in [0.15, 0.2) is 5.76 Å². The Balaban J connectivity index is 2.29. The van der Waals surface area contributed by atoms with E-state index in [1.165, 1.54) is 11.8 Å². The fourth-order valence-electron chi connectivity index (χ4n) is 2.36. The van der Waals surface area contributed by atoms with E-state index < -0.39 is 0 Å². The number of anilines is 2. The summed E-state index contributed by atoms with van der Waals surface area (Å²) in [4.78, 5) is 4.56. The molecule has 0 fully saturated rings. The summed E-state index contributed by atoms with van der Waals surface area (Å²) in [6, 6.07) is 10.0. The lowest BCUT2D eigenvalue weighted by molar-refractivity contribution is 0.393. The number of pyridine rings is 1. The van der Waals surface area contributed by atoms with Crippen LogP contribution >= 0.6 is 11.8 Å². The van der Waals surface area contributed by atoms with E-state index in [0.717, 1.165) is 28.0 Å². The molecule has 3 rings (SSSR count). The van der Waals surface area contributed by atoms with Crippen molar-refractivity contribution in [1.82, 2.24) is 10.1 Å². The molecule has 0 spiro atoms. The van der Waals surface area contributed by atoms with E-state index in [0.29, 0.717) is 16.3 Å². The van der Waals surface area contributed by atoms with E-state index in [9.17, 15) is 5.26 Å². The van der Waals surface area contributed by atoms with Crippen LogP contribution in [-0.2, 0) is 0 Å². The number of nitrogens with zero attached hydrogens (tertiary/aromatic N) is 3. The minimum absolute atomic E-state index is 0.534. The first kappa shape index (κ1) is 14.4. The number of benzene rings is 1. The van der Waals surface area contributed by atoms with Crippen LogP contribution < -0.4 is 5.32 Å². The van der Waals surface area contributed by atoms with Crippen LogP contribution in [0.15, 0.2) is 33.8 Å². The lowest BCUT2D eigenvalue weighted by Gasteiger charge is -2.13. The molecular formula is C16H14N4OS. The van der Waals surface area contributed by atoms with Crippen LogP contribution in [0.1, 0.15) is 17.0 Å². The zero-order valence-corrected chi connectivity index (χ0v) is 13.3. The molecule has 0 atom stereocenters. The Morgan fingerprint density at radius 2 is 2.00 bits per heavy atom. The van der Waals surface area contributed by atoms with Gasteiger partial charge in [-0.3, -0.25) is 0 Å². The minimum Gasteiger partial charge on any atom is -0.359 e. The largest absolute Gasteiger partial charge is 0.359 e. The Morgan fingerprint density at radius 3 is 2.64 bits per heavy atom. The maximum absolute atomic E-state index is 9.57. The summed E-state index contributed by atoms with van der Waals surface area (Å²) in [7, 11) is 0. The van der Waals surface area contributed by atoms with Gasteiger partial charge >= 0.3 is 0 Å². The molecule has 0 radical (unpaired) electrons. The third-order valence-electron chi connectivity index (χ3n) is 3.45. The van der Waals surface area contributed by atoms with Gasteiger partial charge in [-0.25, -0.2) is 4.98 Å². The van der Waals surface area contributed by atoms with E-state index in [2.05, 4.69) is 21.5 Å². The quantitative estimate of drug-likeness (QED) is 0.732. The molecule has 1 aromatic carbocycles. The van der Waals surface area contributed by atoms with Crippen molar-refractivity contribution in [1.29, 1.82) is 5.26 Å². The molecule has 2 heterocycles. The summed E-state index contributed by atoms with van der Waals surface area (Å²) < 4.78 is 5.19. The summed E-state index contributed by atoms with van der Waals surface area (Å²) in [6.07, 6.45) is 1.91. The van der Waals surface area contributed by atoms with Crippen molar-refractivity contribution in [2.24, 2.45) is 0 Å². The van der Waals surface area contributed by atoms with Crippen molar-refractivity contribution in [3.8, 4) is 6.07 Å². The Labute approximate surface area is 132 Å². The molecule has 0 aliphatic heterocycles. The number of thioether (sulfide) groups is 1. The minimum atomic E-state index is 0.534. The van der Waals surface area contributed by atoms with Gasteiger partial charge in [0.2, 0.25) is 0 Å². The van der Waals surface area contributed by atoms with Crippen LogP contribution in [0.2, 0.25) is 0 Å². The first-order valence-corrected chi connectivity index (χ1v) is 7.95. The van der Waals surface area contributed by atoms with Gasteiger partial charge in [-0.1, -0.05) is 23.4 Å². The van der Waals surface area contributed by atoms with E-state index in [-0.39, 0.29) is 0 Å². The van der Waals surface area contributed by atoms with Gasteiger partial charge in [0.25, 0.3) is 0 Å². The molecule has 0 aliphatic carbocycles. The number of hydrogen-bond acceptors (Lipinski definition) is 6. The predicted octanol–water partition coefficient (Wildman–Crippen LogP) is 4.18. The highest BCUT2D eigenvalue weighted by atomic mass is 32.2. The van der Waals surface area contributed by atoms with Crippen LogP contribution in [0.3, 0.4) is 0 Å². The summed E-state index contributed by atoms with van der Waals surface area (Å²) in [6.45, 7) is 3.71. The summed E-state index contributed by atoms with van der Waals surface area (Å²) in [5.74, 6) is 0.688. The zero-order valence-electron chi connectivity index (χ0n) is 12.5. The van der Waals surface area contributed by atoms with Crippen LogP contribution in [0.5, 0.6) is 0 Å². The molecular weight excluding hydrogens is 296 g/mol. The monoisotopic (exact) mass is 310 g/mol. The molecule has 6 heteroatoms. The summed E-state index contributed by atoms with van der Waals surface area (Å²) >= 11 is 1.46. The molecule has 0 saturated carbocycles. The maximum Gasteiger partial charge on any atom is 0.157 e. The number of fused-ring (bicyclic) bond motifs is 1. The predicted molar refractivity (Wildman–Crippen MR) is 87.5 cm³/mol. The van der Waals surface area contributed by atoms with E-state index >= 15 is 0 Å². The average Bonchev–Trinajstić information content (AvgIpc) is 2.86. The molecule has 0 saturated heterocycles. The number of aryl methyl sites for hydroxylation is 2. The van der Waals surface area contributed by atoms with Crippen molar-refractivity contribution in [2.75, 3.05) is 11.6 Å². The van der Waals surface area contributed by atoms with Crippen molar-refractivity contribution in [3.05, 3.63) is 41.3 Å². The number of rotatable bonds is 3. The first-order chi connectivity index (χ1) is 10.7. The summed E-state index contributed by atoms with van der Waals surface area (Å²) in [5, 5.41) is 18.5. The lowest BCUT2D eigenvalue weighted by atomic mass is 10.1. The fourth-order valence-corrected chi connectivity index (χ4v) is 2.90. The molecule has 110 valence electrons. The van der Waals surface area contributed by atoms with E-state index in [4.69, 9.17) is 4.52 Å². The third-order valence-corrected chi connectivity index (χ3v) is 4.13. The highest BCUT2D eigenvalue weighted by Crippen LogP contribution is 2.35. The van der Waals surface area contributed by atoms with Crippen LogP contribution in [0.4, 0.5) is 11.4 Å². The Kier molecular flexibility index (Phi) is 3.73. The van der Waals surface area contributed by atoms with Crippen LogP contribution in [0, 0.1) is 25.2 Å². The Morgan fingerprint density at radius 1 is 1.23 bits per heavy atom. The van der Waals surface area contributed by atoms with Gasteiger partial charge in [0.1, 0.15) is 28.0 Å². The SMILES string of the molecule is CSc1nc2ccccc2c(Nc2c(C)noc2C)c1C#N. The molecule has 0 amide bonds. The number of nitriles is 1. The molecule has 3 aromatic rings. The molecule has 2 aromatic heterocycles. The first-order valence-electron chi connectivity index (χ1n) is 6.72. The van der Waals surface area contributed by atoms with Crippen molar-refractivity contribution in [2.45, 2.75) is 18.9 Å². The smallest absolute Gasteiger partial charge is 0.157 e. The molecule has 0 bridgehead atoms. The van der Waals surface area contributed by atoms with Gasteiger partial charge in [-0.05, 0) is 26.2 Å². The van der Waals surface area contributed by atoms with E-state index in [1.54, 1.807) is 0 Å². The van der Waals surface area contributed by atoms with Crippen LogP contribution in [0.25, 0.3) is 10.9 Å². The normalized spacial score (nSPS) is 10.6. The van der Waals surface area contributed by atoms with Crippen molar-refractivity contribution < 1.29 is 4.52 Å². The highest BCUT2D eigenvalue weighted by molar-refractivity contribution is 7.98. The maximum atomic E-state index is 9.57. The second kappa shape index (κ2) is 5.70. The Hall–Kier alpha value is -2.52. The second-order valence-corrected chi connectivity index (χ2v) is 5.62. The zero-order chi connectivity index (χ0) is 15.7. The highest BCUT2D eigenvalue weighted by Gasteiger charge is 2.17. The number of aromatic nitrogens is 2. The van der Waals surface area contributed by atoms with Crippen molar-refractivity contribution in [3.63, 3.8) is 0 Å². The van der Waals surface area contributed by atoms with Gasteiger partial charge in [0, 0.05) is 5.39 Å². The summed E-state index contributed by atoms with van der Waals surface area (Å²) in [5.41, 5.74) is 3.67. The van der Waals surface area contributed by atoms with Crippen molar-refractivity contribution >= 4 is 34.0 Å². The fraction of sp³-hybridized carbons (Fsp3) is 0.188. The number of nitrogens with one attached hydrogen (secondary N) is 1. The van der Waals surface area contributed by atoms with Gasteiger partial charge in [0.05, 0.1) is 11.2 Å². The Bertz CT molecular complexity index is 876.